The minimum absolute atomic E-state index is 0.147. The van der Waals surface area contributed by atoms with Gasteiger partial charge in [0.05, 0.1) is 17.6 Å². The molecule has 0 bridgehead atoms. The number of benzene rings is 1. The molecule has 20 heavy (non-hydrogen) atoms. The van der Waals surface area contributed by atoms with Gasteiger partial charge in [0.1, 0.15) is 11.4 Å². The normalized spacial score (nSPS) is 14.8. The van der Waals surface area contributed by atoms with Crippen molar-refractivity contribution in [2.24, 2.45) is 0 Å². The third kappa shape index (κ3) is 2.52. The fourth-order valence-electron chi connectivity index (χ4n) is 1.70. The largest absolute Gasteiger partial charge is 0.505 e. The number of phenols is 1. The van der Waals surface area contributed by atoms with Crippen molar-refractivity contribution in [1.82, 2.24) is 4.90 Å². The summed E-state index contributed by atoms with van der Waals surface area (Å²) in [5.41, 5.74) is -0.478. The maximum atomic E-state index is 13.6. The molecule has 8 heteroatoms. The van der Waals surface area contributed by atoms with Gasteiger partial charge in [-0.2, -0.15) is 0 Å². The lowest BCUT2D eigenvalue weighted by Crippen LogP contribution is -2.34. The number of amides is 2. The van der Waals surface area contributed by atoms with Crippen LogP contribution in [0.1, 0.15) is 0 Å². The number of aromatic hydroxyl groups is 1. The molecule has 1 heterocycles. The van der Waals surface area contributed by atoms with Gasteiger partial charge >= 0.3 is 0 Å². The molecule has 0 fully saturated rings. The van der Waals surface area contributed by atoms with Gasteiger partial charge in [0, 0.05) is 6.08 Å². The van der Waals surface area contributed by atoms with Crippen molar-refractivity contribution in [2.45, 2.75) is 0 Å². The van der Waals surface area contributed by atoms with Crippen molar-refractivity contribution in [1.29, 1.82) is 0 Å². The van der Waals surface area contributed by atoms with Gasteiger partial charge in [0.2, 0.25) is 0 Å². The molecule has 0 atom stereocenters. The number of anilines is 1. The number of hydrogen-bond acceptors (Lipinski definition) is 5. The molecular formula is C12H10BrFN2O4. The number of phenolic OH excluding ortho intramolecular Hbond substituents is 1. The molecule has 0 aliphatic carbocycles. The first-order valence-corrected chi connectivity index (χ1v) is 6.37. The molecule has 1 aromatic rings. The predicted octanol–water partition coefficient (Wildman–Crippen LogP) is 0.951. The topological polar surface area (TPSA) is 89.9 Å². The number of aliphatic hydroxyl groups excluding tert-OH is 1. The van der Waals surface area contributed by atoms with Crippen LogP contribution in [0.4, 0.5) is 10.1 Å². The highest BCUT2D eigenvalue weighted by molar-refractivity contribution is 9.10. The monoisotopic (exact) mass is 344 g/mol. The summed E-state index contributed by atoms with van der Waals surface area (Å²) in [6.07, 6.45) is 0.984. The van der Waals surface area contributed by atoms with E-state index < -0.39 is 23.4 Å². The first-order valence-electron chi connectivity index (χ1n) is 5.58. The molecule has 3 N–H and O–H groups in total. The van der Waals surface area contributed by atoms with E-state index in [9.17, 15) is 19.1 Å². The minimum atomic E-state index is -0.771. The average molecular weight is 345 g/mol. The fraction of sp³-hybridized carbons (Fsp3) is 0.167. The molecule has 0 unspecified atom stereocenters. The molecule has 1 aliphatic heterocycles. The number of carbonyl (C=O) groups is 2. The van der Waals surface area contributed by atoms with Crippen LogP contribution in [0.15, 0.2) is 28.4 Å². The summed E-state index contributed by atoms with van der Waals surface area (Å²) in [6.45, 7) is -0.513. The third-order valence-corrected chi connectivity index (χ3v) is 3.31. The number of carbonyl (C=O) groups excluding carboxylic acids is 2. The summed E-state index contributed by atoms with van der Waals surface area (Å²) < 4.78 is 13.9. The number of rotatable bonds is 4. The number of nitrogens with zero attached hydrogens (tertiary/aromatic N) is 1. The molecule has 0 aromatic heterocycles. The molecule has 0 saturated carbocycles. The van der Waals surface area contributed by atoms with Crippen LogP contribution in [-0.2, 0) is 9.59 Å². The van der Waals surface area contributed by atoms with Crippen molar-refractivity contribution in [2.75, 3.05) is 18.5 Å². The number of β-amino-alcohol motifs (C(OH)–C–C–N with tert-alkyl or cyclic N) is 1. The molecule has 0 spiro atoms. The summed E-state index contributed by atoms with van der Waals surface area (Å²) in [4.78, 5) is 24.2. The third-order valence-electron chi connectivity index (χ3n) is 2.67. The predicted molar refractivity (Wildman–Crippen MR) is 71.3 cm³/mol. The summed E-state index contributed by atoms with van der Waals surface area (Å²) in [5, 5.41) is 20.9. The quantitative estimate of drug-likeness (QED) is 0.559. The van der Waals surface area contributed by atoms with E-state index in [0.717, 1.165) is 17.0 Å². The van der Waals surface area contributed by atoms with Gasteiger partial charge in [-0.15, -0.1) is 0 Å². The molecule has 6 nitrogen and oxygen atoms in total. The Morgan fingerprint density at radius 1 is 1.35 bits per heavy atom. The number of hydrogen-bond donors (Lipinski definition) is 3. The zero-order valence-electron chi connectivity index (χ0n) is 10.1. The second-order valence-corrected chi connectivity index (χ2v) is 4.81. The van der Waals surface area contributed by atoms with Gasteiger partial charge in [-0.25, -0.2) is 4.39 Å². The van der Waals surface area contributed by atoms with E-state index in [1.807, 2.05) is 0 Å². The van der Waals surface area contributed by atoms with Crippen LogP contribution in [0.3, 0.4) is 0 Å². The van der Waals surface area contributed by atoms with Crippen LogP contribution in [0.5, 0.6) is 5.75 Å². The molecule has 1 aliphatic rings. The average Bonchev–Trinajstić information content (AvgIpc) is 2.67. The van der Waals surface area contributed by atoms with Crippen molar-refractivity contribution < 1.29 is 24.2 Å². The smallest absolute Gasteiger partial charge is 0.277 e. The molecule has 1 aromatic carbocycles. The highest BCUT2D eigenvalue weighted by atomic mass is 79.9. The van der Waals surface area contributed by atoms with Crippen LogP contribution in [0.25, 0.3) is 0 Å². The molecule has 0 saturated heterocycles. The van der Waals surface area contributed by atoms with Crippen LogP contribution in [-0.4, -0.2) is 40.1 Å². The van der Waals surface area contributed by atoms with Gasteiger partial charge in [-0.1, -0.05) is 0 Å². The van der Waals surface area contributed by atoms with Gasteiger partial charge < -0.3 is 15.5 Å². The van der Waals surface area contributed by atoms with E-state index in [1.54, 1.807) is 0 Å². The first-order chi connectivity index (χ1) is 9.45. The van der Waals surface area contributed by atoms with Crippen molar-refractivity contribution in [3.63, 3.8) is 0 Å². The van der Waals surface area contributed by atoms with E-state index in [1.165, 1.54) is 6.07 Å². The van der Waals surface area contributed by atoms with Gasteiger partial charge in [-0.05, 0) is 28.1 Å². The van der Waals surface area contributed by atoms with E-state index >= 15 is 0 Å². The molecule has 0 radical (unpaired) electrons. The lowest BCUT2D eigenvalue weighted by Gasteiger charge is -2.14. The fourth-order valence-corrected chi connectivity index (χ4v) is 2.04. The number of halogens is 2. The van der Waals surface area contributed by atoms with Crippen LogP contribution in [0.2, 0.25) is 0 Å². The second-order valence-electron chi connectivity index (χ2n) is 3.95. The lowest BCUT2D eigenvalue weighted by molar-refractivity contribution is -0.137. The Morgan fingerprint density at radius 3 is 2.70 bits per heavy atom. The highest BCUT2D eigenvalue weighted by Gasteiger charge is 2.31. The van der Waals surface area contributed by atoms with Gasteiger partial charge in [0.25, 0.3) is 11.8 Å². The maximum Gasteiger partial charge on any atom is 0.277 e. The molecule has 2 rings (SSSR count). The number of nitrogens with one attached hydrogen (secondary N) is 1. The Balaban J connectivity index is 2.28. The summed E-state index contributed by atoms with van der Waals surface area (Å²) in [6, 6.07) is 2.41. The molecule has 106 valence electrons. The zero-order valence-corrected chi connectivity index (χ0v) is 11.6. The lowest BCUT2D eigenvalue weighted by atomic mass is 10.2. The van der Waals surface area contributed by atoms with Crippen molar-refractivity contribution in [3.8, 4) is 5.75 Å². The van der Waals surface area contributed by atoms with Crippen LogP contribution in [0, 0.1) is 5.82 Å². The molecule has 2 amide bonds. The Morgan fingerprint density at radius 2 is 2.05 bits per heavy atom. The number of imide groups is 1. The summed E-state index contributed by atoms with van der Waals surface area (Å²) >= 11 is 3.02. The maximum absolute atomic E-state index is 13.6. The van der Waals surface area contributed by atoms with Crippen LogP contribution >= 0.6 is 15.9 Å². The first kappa shape index (κ1) is 14.5. The van der Waals surface area contributed by atoms with Gasteiger partial charge in [-0.3, -0.25) is 14.5 Å². The summed E-state index contributed by atoms with van der Waals surface area (Å²) in [5.74, 6) is -2.48. The highest BCUT2D eigenvalue weighted by Crippen LogP contribution is 2.35. The van der Waals surface area contributed by atoms with E-state index in [-0.39, 0.29) is 29.0 Å². The SMILES string of the molecule is O=C1C=C(Nc2c(F)ccc(Br)c2O)C(=O)N1CCO. The van der Waals surface area contributed by atoms with Gasteiger partial charge in [0.15, 0.2) is 11.6 Å². The van der Waals surface area contributed by atoms with Crippen molar-refractivity contribution in [3.05, 3.63) is 34.2 Å². The standard InChI is InChI=1S/C12H10BrFN2O4/c13-6-1-2-7(14)10(11(6)19)15-8-5-9(18)16(3-4-17)12(8)20/h1-2,5,15,17,19H,3-4H2. The van der Waals surface area contributed by atoms with E-state index in [2.05, 4.69) is 21.2 Å². The van der Waals surface area contributed by atoms with E-state index in [4.69, 9.17) is 5.11 Å². The van der Waals surface area contributed by atoms with E-state index in [0.29, 0.717) is 0 Å². The second kappa shape index (κ2) is 5.59. The Hall–Kier alpha value is -1.93. The summed E-state index contributed by atoms with van der Waals surface area (Å²) in [7, 11) is 0. The minimum Gasteiger partial charge on any atom is -0.505 e. The van der Waals surface area contributed by atoms with Crippen LogP contribution < -0.4 is 5.32 Å². The van der Waals surface area contributed by atoms with Crippen molar-refractivity contribution >= 4 is 33.4 Å². The Labute approximate surface area is 121 Å². The number of aliphatic hydroxyl groups is 1. The Bertz CT molecular complexity index is 618. The molecular weight excluding hydrogens is 335 g/mol. The Kier molecular flexibility index (Phi) is 4.05. The zero-order chi connectivity index (χ0) is 14.9.